The number of halogens is 1. The lowest BCUT2D eigenvalue weighted by molar-refractivity contribution is 0.111. The van der Waals surface area contributed by atoms with Crippen LogP contribution in [-0.2, 0) is 6.54 Å². The molecule has 2 aromatic rings. The molecule has 1 aliphatic rings. The number of fused-ring (bicyclic) bond motifs is 1. The van der Waals surface area contributed by atoms with Gasteiger partial charge in [0.1, 0.15) is 5.69 Å². The van der Waals surface area contributed by atoms with Crippen LogP contribution >= 0.6 is 0 Å². The second-order valence-corrected chi connectivity index (χ2v) is 4.39. The van der Waals surface area contributed by atoms with Gasteiger partial charge in [0.15, 0.2) is 12.1 Å². The van der Waals surface area contributed by atoms with Crippen molar-refractivity contribution in [3.63, 3.8) is 0 Å². The smallest absolute Gasteiger partial charge is 0.169 e. The molecular formula is C17H24FNO. The van der Waals surface area contributed by atoms with Gasteiger partial charge >= 0.3 is 0 Å². The van der Waals surface area contributed by atoms with Crippen molar-refractivity contribution in [2.75, 3.05) is 0 Å². The molecule has 0 unspecified atom stereocenters. The lowest BCUT2D eigenvalue weighted by Crippen LogP contribution is -2.04. The Labute approximate surface area is 120 Å². The van der Waals surface area contributed by atoms with E-state index in [1.807, 2.05) is 44.4 Å². The maximum absolute atomic E-state index is 13.9. The minimum atomic E-state index is -0.383. The molecule has 0 amide bonds. The third-order valence-corrected chi connectivity index (χ3v) is 3.20. The molecule has 0 N–H and O–H groups in total. The van der Waals surface area contributed by atoms with E-state index >= 15 is 0 Å². The molecule has 1 fully saturated rings. The van der Waals surface area contributed by atoms with Crippen molar-refractivity contribution in [1.29, 1.82) is 0 Å². The quantitative estimate of drug-likeness (QED) is 0.719. The number of hydrogen-bond donors (Lipinski definition) is 0. The van der Waals surface area contributed by atoms with E-state index in [1.165, 1.54) is 12.8 Å². The molecule has 0 bridgehead atoms. The van der Waals surface area contributed by atoms with Gasteiger partial charge in [-0.15, -0.1) is 0 Å². The summed E-state index contributed by atoms with van der Waals surface area (Å²) in [6.45, 7) is 8.76. The van der Waals surface area contributed by atoms with E-state index < -0.39 is 0 Å². The molecule has 3 rings (SSSR count). The van der Waals surface area contributed by atoms with Gasteiger partial charge in [0.25, 0.3) is 0 Å². The Bertz CT molecular complexity index is 555. The minimum absolute atomic E-state index is 0.188. The Kier molecular flexibility index (Phi) is 6.43. The van der Waals surface area contributed by atoms with Crippen molar-refractivity contribution in [3.8, 4) is 0 Å². The molecule has 1 saturated carbocycles. The van der Waals surface area contributed by atoms with Gasteiger partial charge in [-0.25, -0.2) is 4.39 Å². The van der Waals surface area contributed by atoms with E-state index in [1.54, 1.807) is 12.1 Å². The summed E-state index contributed by atoms with van der Waals surface area (Å²) in [6.07, 6.45) is 3.00. The molecule has 3 heteroatoms. The third-order valence-electron chi connectivity index (χ3n) is 3.20. The summed E-state index contributed by atoms with van der Waals surface area (Å²) in [4.78, 5) is 11.0. The van der Waals surface area contributed by atoms with Crippen LogP contribution in [0.25, 0.3) is 10.9 Å². The van der Waals surface area contributed by atoms with Crippen LogP contribution in [-0.4, -0.2) is 10.9 Å². The predicted octanol–water partition coefficient (Wildman–Crippen LogP) is 5.06. The number of benzene rings is 1. The largest absolute Gasteiger partial charge is 0.336 e. The Balaban J connectivity index is 0.000000461. The van der Waals surface area contributed by atoms with Crippen LogP contribution in [0.4, 0.5) is 4.39 Å². The molecule has 20 heavy (non-hydrogen) atoms. The summed E-state index contributed by atoms with van der Waals surface area (Å²) in [7, 11) is 0. The average molecular weight is 277 g/mol. The molecule has 0 radical (unpaired) electrons. The number of rotatable bonds is 3. The molecule has 1 heterocycles. The molecular weight excluding hydrogens is 253 g/mol. The number of para-hydroxylation sites is 1. The number of nitrogens with zero attached hydrogens (tertiary/aromatic N) is 1. The van der Waals surface area contributed by atoms with E-state index in [-0.39, 0.29) is 11.5 Å². The van der Waals surface area contributed by atoms with Gasteiger partial charge < -0.3 is 4.57 Å². The Morgan fingerprint density at radius 3 is 2.35 bits per heavy atom. The van der Waals surface area contributed by atoms with Gasteiger partial charge in [-0.3, -0.25) is 4.79 Å². The first-order valence-corrected chi connectivity index (χ1v) is 7.53. The average Bonchev–Trinajstić information content (AvgIpc) is 3.30. The molecule has 110 valence electrons. The van der Waals surface area contributed by atoms with Crippen LogP contribution in [0, 0.1) is 11.7 Å². The molecule has 0 aliphatic heterocycles. The standard InChI is InChI=1S/C13H12FNO.2C2H6/c14-13-10-3-1-2-4-11(10)15(12(13)8-16)7-9-5-6-9;2*1-2/h1-4,8-9H,5-7H2;2*1-2H3. The summed E-state index contributed by atoms with van der Waals surface area (Å²) in [5.41, 5.74) is 1.02. The van der Waals surface area contributed by atoms with Crippen LogP contribution < -0.4 is 0 Å². The Morgan fingerprint density at radius 2 is 1.80 bits per heavy atom. The maximum Gasteiger partial charge on any atom is 0.169 e. The first kappa shape index (κ1) is 16.4. The van der Waals surface area contributed by atoms with Crippen molar-refractivity contribution < 1.29 is 9.18 Å². The topological polar surface area (TPSA) is 22.0 Å². The first-order chi connectivity index (χ1) is 9.81. The second kappa shape index (κ2) is 7.83. The molecule has 0 saturated heterocycles. The third kappa shape index (κ3) is 3.27. The Morgan fingerprint density at radius 1 is 1.20 bits per heavy atom. The highest BCUT2D eigenvalue weighted by Crippen LogP contribution is 2.33. The number of aromatic nitrogens is 1. The fourth-order valence-corrected chi connectivity index (χ4v) is 2.15. The maximum atomic E-state index is 13.9. The van der Waals surface area contributed by atoms with Crippen molar-refractivity contribution in [1.82, 2.24) is 4.57 Å². The van der Waals surface area contributed by atoms with Crippen molar-refractivity contribution in [2.24, 2.45) is 5.92 Å². The fraction of sp³-hybridized carbons (Fsp3) is 0.471. The van der Waals surface area contributed by atoms with Crippen molar-refractivity contribution in [3.05, 3.63) is 35.8 Å². The molecule has 1 aliphatic carbocycles. The number of carbonyl (C=O) groups is 1. The minimum Gasteiger partial charge on any atom is -0.336 e. The summed E-state index contributed by atoms with van der Waals surface area (Å²) in [5, 5.41) is 0.547. The second-order valence-electron chi connectivity index (χ2n) is 4.39. The molecule has 0 atom stereocenters. The van der Waals surface area contributed by atoms with E-state index in [2.05, 4.69) is 0 Å². The van der Waals surface area contributed by atoms with Crippen molar-refractivity contribution in [2.45, 2.75) is 47.1 Å². The lowest BCUT2D eigenvalue weighted by atomic mass is 10.2. The predicted molar refractivity (Wildman–Crippen MR) is 82.7 cm³/mol. The van der Waals surface area contributed by atoms with E-state index in [0.29, 0.717) is 17.6 Å². The number of hydrogen-bond acceptors (Lipinski definition) is 1. The van der Waals surface area contributed by atoms with Gasteiger partial charge in [-0.1, -0.05) is 39.8 Å². The fourth-order valence-electron chi connectivity index (χ4n) is 2.15. The van der Waals surface area contributed by atoms with Gasteiger partial charge in [0.2, 0.25) is 0 Å². The summed E-state index contributed by atoms with van der Waals surface area (Å²) in [6, 6.07) is 7.26. The van der Waals surface area contributed by atoms with Gasteiger partial charge in [0, 0.05) is 11.9 Å². The summed E-state index contributed by atoms with van der Waals surface area (Å²) in [5.74, 6) is 0.236. The van der Waals surface area contributed by atoms with E-state index in [0.717, 1.165) is 12.1 Å². The number of carbonyl (C=O) groups excluding carboxylic acids is 1. The zero-order valence-corrected chi connectivity index (χ0v) is 12.8. The van der Waals surface area contributed by atoms with Gasteiger partial charge in [-0.2, -0.15) is 0 Å². The molecule has 0 spiro atoms. The van der Waals surface area contributed by atoms with Crippen LogP contribution in [0.2, 0.25) is 0 Å². The summed E-state index contributed by atoms with van der Waals surface area (Å²) >= 11 is 0. The molecule has 2 nitrogen and oxygen atoms in total. The van der Waals surface area contributed by atoms with Gasteiger partial charge in [0.05, 0.1) is 5.52 Å². The zero-order valence-electron chi connectivity index (χ0n) is 12.8. The highest BCUT2D eigenvalue weighted by atomic mass is 19.1. The summed E-state index contributed by atoms with van der Waals surface area (Å²) < 4.78 is 15.7. The first-order valence-electron chi connectivity index (χ1n) is 7.53. The van der Waals surface area contributed by atoms with Crippen LogP contribution in [0.1, 0.15) is 51.0 Å². The highest BCUT2D eigenvalue weighted by Gasteiger charge is 2.25. The van der Waals surface area contributed by atoms with E-state index in [4.69, 9.17) is 0 Å². The molecule has 1 aromatic heterocycles. The normalized spacial score (nSPS) is 13.1. The number of aldehydes is 1. The van der Waals surface area contributed by atoms with E-state index in [9.17, 15) is 9.18 Å². The SMILES string of the molecule is CC.CC.O=Cc1c(F)c2ccccc2n1CC1CC1. The zero-order chi connectivity index (χ0) is 15.1. The Hall–Kier alpha value is -1.64. The monoisotopic (exact) mass is 277 g/mol. The van der Waals surface area contributed by atoms with Crippen LogP contribution in [0.5, 0.6) is 0 Å². The lowest BCUT2D eigenvalue weighted by Gasteiger charge is -2.05. The highest BCUT2D eigenvalue weighted by molar-refractivity contribution is 5.89. The molecule has 1 aromatic carbocycles. The van der Waals surface area contributed by atoms with Crippen LogP contribution in [0.3, 0.4) is 0 Å². The van der Waals surface area contributed by atoms with Crippen LogP contribution in [0.15, 0.2) is 24.3 Å². The van der Waals surface area contributed by atoms with Gasteiger partial charge in [-0.05, 0) is 30.9 Å². The van der Waals surface area contributed by atoms with Crippen molar-refractivity contribution >= 4 is 17.2 Å².